The van der Waals surface area contributed by atoms with Crippen molar-refractivity contribution in [1.29, 1.82) is 0 Å². The van der Waals surface area contributed by atoms with Gasteiger partial charge in [0.25, 0.3) is 5.91 Å². The standard InChI is InChI=1S/C15H15NO3/c1-19-14-7-5-11(6-8-14)10-16-15(18)12-3-2-4-13(17)9-12/h2-9,17H,10H2,1H3,(H,16,18). The van der Waals surface area contributed by atoms with E-state index in [2.05, 4.69) is 5.32 Å². The number of rotatable bonds is 4. The van der Waals surface area contributed by atoms with Gasteiger partial charge in [-0.05, 0) is 35.9 Å². The minimum absolute atomic E-state index is 0.0806. The molecule has 0 saturated heterocycles. The van der Waals surface area contributed by atoms with Crippen molar-refractivity contribution >= 4 is 5.91 Å². The highest BCUT2D eigenvalue weighted by atomic mass is 16.5. The summed E-state index contributed by atoms with van der Waals surface area (Å²) in [4.78, 5) is 11.8. The Morgan fingerprint density at radius 1 is 1.21 bits per heavy atom. The van der Waals surface area contributed by atoms with Gasteiger partial charge < -0.3 is 15.2 Å². The second-order valence-electron chi connectivity index (χ2n) is 4.08. The van der Waals surface area contributed by atoms with Gasteiger partial charge in [-0.1, -0.05) is 18.2 Å². The van der Waals surface area contributed by atoms with Crippen LogP contribution in [0.25, 0.3) is 0 Å². The van der Waals surface area contributed by atoms with Gasteiger partial charge in [0, 0.05) is 12.1 Å². The van der Waals surface area contributed by atoms with Gasteiger partial charge >= 0.3 is 0 Å². The van der Waals surface area contributed by atoms with Crippen LogP contribution in [0.3, 0.4) is 0 Å². The van der Waals surface area contributed by atoms with Gasteiger partial charge in [0.15, 0.2) is 0 Å². The molecule has 98 valence electrons. The van der Waals surface area contributed by atoms with Crippen LogP contribution >= 0.6 is 0 Å². The molecule has 0 aliphatic rings. The zero-order valence-corrected chi connectivity index (χ0v) is 10.6. The molecule has 19 heavy (non-hydrogen) atoms. The second kappa shape index (κ2) is 5.91. The minimum Gasteiger partial charge on any atom is -0.508 e. The predicted molar refractivity (Wildman–Crippen MR) is 72.3 cm³/mol. The van der Waals surface area contributed by atoms with Crippen LogP contribution in [0, 0.1) is 0 Å². The second-order valence-corrected chi connectivity index (χ2v) is 4.08. The molecule has 2 N–H and O–H groups in total. The maximum atomic E-state index is 11.8. The summed E-state index contributed by atoms with van der Waals surface area (Å²) >= 11 is 0. The Kier molecular flexibility index (Phi) is 4.03. The van der Waals surface area contributed by atoms with Crippen molar-refractivity contribution in [2.45, 2.75) is 6.54 Å². The summed E-state index contributed by atoms with van der Waals surface area (Å²) in [5.41, 5.74) is 1.42. The first-order valence-electron chi connectivity index (χ1n) is 5.89. The van der Waals surface area contributed by atoms with Crippen molar-refractivity contribution in [3.8, 4) is 11.5 Å². The van der Waals surface area contributed by atoms with E-state index in [4.69, 9.17) is 4.74 Å². The Morgan fingerprint density at radius 2 is 1.95 bits per heavy atom. The number of amides is 1. The first-order chi connectivity index (χ1) is 9.19. The Bertz CT molecular complexity index is 564. The highest BCUT2D eigenvalue weighted by Crippen LogP contribution is 2.12. The summed E-state index contributed by atoms with van der Waals surface area (Å²) in [6.07, 6.45) is 0. The topological polar surface area (TPSA) is 58.6 Å². The fourth-order valence-electron chi connectivity index (χ4n) is 1.67. The maximum Gasteiger partial charge on any atom is 0.251 e. The molecule has 4 nitrogen and oxygen atoms in total. The molecule has 2 aromatic rings. The van der Waals surface area contributed by atoms with Crippen LogP contribution < -0.4 is 10.1 Å². The molecular weight excluding hydrogens is 242 g/mol. The van der Waals surface area contributed by atoms with E-state index in [0.29, 0.717) is 12.1 Å². The third-order valence-corrected chi connectivity index (χ3v) is 2.72. The molecule has 0 aromatic heterocycles. The Morgan fingerprint density at radius 3 is 2.58 bits per heavy atom. The summed E-state index contributed by atoms with van der Waals surface area (Å²) < 4.78 is 5.06. The molecule has 2 rings (SSSR count). The van der Waals surface area contributed by atoms with E-state index in [9.17, 15) is 9.90 Å². The first kappa shape index (κ1) is 13.0. The van der Waals surface area contributed by atoms with E-state index in [0.717, 1.165) is 11.3 Å². The van der Waals surface area contributed by atoms with Crippen molar-refractivity contribution in [2.75, 3.05) is 7.11 Å². The highest BCUT2D eigenvalue weighted by Gasteiger charge is 2.05. The number of carbonyl (C=O) groups is 1. The van der Waals surface area contributed by atoms with Crippen LogP contribution in [0.4, 0.5) is 0 Å². The van der Waals surface area contributed by atoms with Crippen LogP contribution in [-0.2, 0) is 6.54 Å². The molecule has 1 amide bonds. The van der Waals surface area contributed by atoms with Crippen LogP contribution in [0.5, 0.6) is 11.5 Å². The molecule has 2 aromatic carbocycles. The molecule has 0 aliphatic carbocycles. The fourth-order valence-corrected chi connectivity index (χ4v) is 1.67. The average molecular weight is 257 g/mol. The zero-order valence-electron chi connectivity index (χ0n) is 10.6. The number of aromatic hydroxyl groups is 1. The largest absolute Gasteiger partial charge is 0.508 e. The normalized spacial score (nSPS) is 9.95. The van der Waals surface area contributed by atoms with Crippen LogP contribution in [0.15, 0.2) is 48.5 Å². The van der Waals surface area contributed by atoms with E-state index in [-0.39, 0.29) is 11.7 Å². The summed E-state index contributed by atoms with van der Waals surface area (Å²) in [6.45, 7) is 0.429. The molecule has 0 radical (unpaired) electrons. The van der Waals surface area contributed by atoms with Gasteiger partial charge in [-0.3, -0.25) is 4.79 Å². The molecule has 4 heteroatoms. The van der Waals surface area contributed by atoms with E-state index >= 15 is 0 Å². The minimum atomic E-state index is -0.216. The van der Waals surface area contributed by atoms with Gasteiger partial charge in [-0.15, -0.1) is 0 Å². The third kappa shape index (κ3) is 3.48. The van der Waals surface area contributed by atoms with Crippen LogP contribution in [0.2, 0.25) is 0 Å². The molecule has 0 saturated carbocycles. The van der Waals surface area contributed by atoms with Crippen molar-refractivity contribution in [1.82, 2.24) is 5.32 Å². The summed E-state index contributed by atoms with van der Waals surface area (Å²) in [6, 6.07) is 13.7. The third-order valence-electron chi connectivity index (χ3n) is 2.72. The smallest absolute Gasteiger partial charge is 0.251 e. The fraction of sp³-hybridized carbons (Fsp3) is 0.133. The molecule has 0 fully saturated rings. The number of phenols is 1. The molecule has 0 heterocycles. The Hall–Kier alpha value is -2.49. The number of carbonyl (C=O) groups excluding carboxylic acids is 1. The number of hydrogen-bond donors (Lipinski definition) is 2. The number of phenolic OH excluding ortho intramolecular Hbond substituents is 1. The lowest BCUT2D eigenvalue weighted by molar-refractivity contribution is 0.0950. The van der Waals surface area contributed by atoms with Crippen molar-refractivity contribution in [3.05, 3.63) is 59.7 Å². The van der Waals surface area contributed by atoms with Crippen molar-refractivity contribution in [3.63, 3.8) is 0 Å². The SMILES string of the molecule is COc1ccc(CNC(=O)c2cccc(O)c2)cc1. The number of hydrogen-bond acceptors (Lipinski definition) is 3. The molecule has 0 bridgehead atoms. The van der Waals surface area contributed by atoms with E-state index in [1.807, 2.05) is 24.3 Å². The Labute approximate surface area is 111 Å². The number of nitrogens with one attached hydrogen (secondary N) is 1. The lowest BCUT2D eigenvalue weighted by Gasteiger charge is -2.06. The number of ether oxygens (including phenoxy) is 1. The average Bonchev–Trinajstić information content (AvgIpc) is 2.45. The van der Waals surface area contributed by atoms with Crippen molar-refractivity contribution < 1.29 is 14.6 Å². The van der Waals surface area contributed by atoms with E-state index < -0.39 is 0 Å². The first-order valence-corrected chi connectivity index (χ1v) is 5.89. The lowest BCUT2D eigenvalue weighted by Crippen LogP contribution is -2.22. The van der Waals surface area contributed by atoms with Gasteiger partial charge in [-0.2, -0.15) is 0 Å². The zero-order chi connectivity index (χ0) is 13.7. The highest BCUT2D eigenvalue weighted by molar-refractivity contribution is 5.94. The van der Waals surface area contributed by atoms with Crippen molar-refractivity contribution in [2.24, 2.45) is 0 Å². The van der Waals surface area contributed by atoms with Gasteiger partial charge in [0.2, 0.25) is 0 Å². The van der Waals surface area contributed by atoms with Crippen LogP contribution in [0.1, 0.15) is 15.9 Å². The Balaban J connectivity index is 1.96. The quantitative estimate of drug-likeness (QED) is 0.883. The van der Waals surface area contributed by atoms with Crippen LogP contribution in [-0.4, -0.2) is 18.1 Å². The number of benzene rings is 2. The number of methoxy groups -OCH3 is 1. The predicted octanol–water partition coefficient (Wildman–Crippen LogP) is 2.33. The molecule has 0 unspecified atom stereocenters. The summed E-state index contributed by atoms with van der Waals surface area (Å²) in [5, 5.41) is 12.1. The van der Waals surface area contributed by atoms with Gasteiger partial charge in [0.05, 0.1) is 7.11 Å². The molecule has 0 spiro atoms. The molecule has 0 atom stereocenters. The van der Waals surface area contributed by atoms with E-state index in [1.165, 1.54) is 12.1 Å². The van der Waals surface area contributed by atoms with E-state index in [1.54, 1.807) is 19.2 Å². The maximum absolute atomic E-state index is 11.8. The molecule has 0 aliphatic heterocycles. The van der Waals surface area contributed by atoms with Gasteiger partial charge in [0.1, 0.15) is 11.5 Å². The lowest BCUT2D eigenvalue weighted by atomic mass is 10.2. The monoisotopic (exact) mass is 257 g/mol. The summed E-state index contributed by atoms with van der Waals surface area (Å²) in [5.74, 6) is 0.645. The molecular formula is C15H15NO3. The van der Waals surface area contributed by atoms with Gasteiger partial charge in [-0.25, -0.2) is 0 Å². The summed E-state index contributed by atoms with van der Waals surface area (Å²) in [7, 11) is 1.61.